The number of ether oxygens (including phenoxy) is 1. The number of hydrogen-bond donors (Lipinski definition) is 0. The van der Waals surface area contributed by atoms with Crippen molar-refractivity contribution < 1.29 is 9.53 Å². The molecule has 3 nitrogen and oxygen atoms in total. The molecule has 0 bridgehead atoms. The van der Waals surface area contributed by atoms with Crippen LogP contribution in [0.2, 0.25) is 0 Å². The van der Waals surface area contributed by atoms with Gasteiger partial charge >= 0.3 is 0 Å². The van der Waals surface area contributed by atoms with Gasteiger partial charge in [0.25, 0.3) is 0 Å². The van der Waals surface area contributed by atoms with Gasteiger partial charge in [0.05, 0.1) is 12.8 Å². The summed E-state index contributed by atoms with van der Waals surface area (Å²) in [5, 5.41) is 0.503. The van der Waals surface area contributed by atoms with E-state index in [-0.39, 0.29) is 0 Å². The summed E-state index contributed by atoms with van der Waals surface area (Å²) in [5.74, 6) is 0.825. The summed E-state index contributed by atoms with van der Waals surface area (Å²) >= 11 is 1.41. The monoisotopic (exact) mass is 261 g/mol. The number of nitrogens with zero attached hydrogens (tertiary/aromatic N) is 1. The quantitative estimate of drug-likeness (QED) is 0.793. The van der Waals surface area contributed by atoms with Crippen LogP contribution in [0.1, 0.15) is 25.8 Å². The molecule has 0 aliphatic heterocycles. The molecule has 0 N–H and O–H groups in total. The van der Waals surface area contributed by atoms with E-state index in [1.54, 1.807) is 7.11 Å². The first-order chi connectivity index (χ1) is 8.56. The summed E-state index contributed by atoms with van der Waals surface area (Å²) in [7, 11) is 1.66. The van der Waals surface area contributed by atoms with Crippen LogP contribution in [0.4, 0.5) is 0 Å². The van der Waals surface area contributed by atoms with Gasteiger partial charge in [-0.3, -0.25) is 4.79 Å². The third kappa shape index (κ3) is 2.16. The fraction of sp³-hybridized carbons (Fsp3) is 0.286. The molecule has 2 aromatic rings. The standard InChI is InChI=1S/C14H15NO2S/c1-8-5-9(2)14(17-4)11(6-8)13-10(3)18-12(7-16)15-13/h5-7H,1-4H3. The predicted octanol–water partition coefficient (Wildman–Crippen LogP) is 3.56. The van der Waals surface area contributed by atoms with E-state index in [4.69, 9.17) is 4.74 Å². The molecular weight excluding hydrogens is 246 g/mol. The molecule has 4 heteroatoms. The Bertz CT molecular complexity index is 602. The van der Waals surface area contributed by atoms with Gasteiger partial charge in [-0.05, 0) is 38.0 Å². The number of benzene rings is 1. The molecular formula is C14H15NO2S. The van der Waals surface area contributed by atoms with Gasteiger partial charge in [0.1, 0.15) is 5.75 Å². The lowest BCUT2D eigenvalue weighted by atomic mass is 10.0. The molecule has 0 aliphatic carbocycles. The first-order valence-corrected chi connectivity index (χ1v) is 6.46. The van der Waals surface area contributed by atoms with Crippen LogP contribution >= 0.6 is 11.3 Å². The molecule has 0 amide bonds. The molecule has 0 radical (unpaired) electrons. The van der Waals surface area contributed by atoms with Gasteiger partial charge in [0.2, 0.25) is 0 Å². The molecule has 18 heavy (non-hydrogen) atoms. The highest BCUT2D eigenvalue weighted by molar-refractivity contribution is 7.13. The summed E-state index contributed by atoms with van der Waals surface area (Å²) in [4.78, 5) is 16.2. The largest absolute Gasteiger partial charge is 0.496 e. The van der Waals surface area contributed by atoms with Crippen molar-refractivity contribution in [2.45, 2.75) is 20.8 Å². The zero-order valence-corrected chi connectivity index (χ0v) is 11.7. The van der Waals surface area contributed by atoms with Crippen LogP contribution in [0.3, 0.4) is 0 Å². The number of aldehydes is 1. The van der Waals surface area contributed by atoms with Gasteiger partial charge in [-0.15, -0.1) is 11.3 Å². The fourth-order valence-electron chi connectivity index (χ4n) is 2.12. The Morgan fingerprint density at radius 3 is 2.56 bits per heavy atom. The lowest BCUT2D eigenvalue weighted by molar-refractivity contribution is 0.112. The molecule has 1 heterocycles. The number of carbonyl (C=O) groups is 1. The van der Waals surface area contributed by atoms with Crippen LogP contribution in [0.5, 0.6) is 5.75 Å². The highest BCUT2D eigenvalue weighted by Gasteiger charge is 2.15. The maximum atomic E-state index is 10.8. The van der Waals surface area contributed by atoms with Crippen molar-refractivity contribution in [1.82, 2.24) is 4.98 Å². The number of carbonyl (C=O) groups excluding carboxylic acids is 1. The molecule has 1 aromatic heterocycles. The lowest BCUT2D eigenvalue weighted by Crippen LogP contribution is -1.94. The average Bonchev–Trinajstić information content (AvgIpc) is 2.69. The second-order valence-corrected chi connectivity index (χ2v) is 5.47. The number of rotatable bonds is 3. The van der Waals surface area contributed by atoms with Crippen LogP contribution in [-0.2, 0) is 0 Å². The van der Waals surface area contributed by atoms with Gasteiger partial charge in [-0.1, -0.05) is 6.07 Å². The Kier molecular flexibility index (Phi) is 3.48. The van der Waals surface area contributed by atoms with Crippen molar-refractivity contribution in [3.8, 4) is 17.0 Å². The van der Waals surface area contributed by atoms with Gasteiger partial charge in [-0.2, -0.15) is 0 Å². The zero-order chi connectivity index (χ0) is 13.3. The third-order valence-electron chi connectivity index (χ3n) is 2.79. The normalized spacial score (nSPS) is 10.4. The van der Waals surface area contributed by atoms with Gasteiger partial charge in [0, 0.05) is 10.4 Å². The van der Waals surface area contributed by atoms with Crippen LogP contribution in [0.15, 0.2) is 12.1 Å². The van der Waals surface area contributed by atoms with Gasteiger partial charge < -0.3 is 4.74 Å². The molecule has 0 fully saturated rings. The molecule has 1 aromatic carbocycles. The minimum Gasteiger partial charge on any atom is -0.496 e. The summed E-state index contributed by atoms with van der Waals surface area (Å²) in [6.45, 7) is 6.02. The molecule has 0 unspecified atom stereocenters. The van der Waals surface area contributed by atoms with Crippen molar-refractivity contribution >= 4 is 17.6 Å². The van der Waals surface area contributed by atoms with Crippen LogP contribution in [0, 0.1) is 20.8 Å². The lowest BCUT2D eigenvalue weighted by Gasteiger charge is -2.11. The number of hydrogen-bond acceptors (Lipinski definition) is 4. The number of thiazole rings is 1. The highest BCUT2D eigenvalue weighted by atomic mass is 32.1. The Balaban J connectivity index is 2.69. The maximum Gasteiger partial charge on any atom is 0.178 e. The smallest absolute Gasteiger partial charge is 0.178 e. The molecule has 0 aliphatic rings. The molecule has 0 saturated carbocycles. The maximum absolute atomic E-state index is 10.8. The Labute approximate surface area is 110 Å². The van der Waals surface area contributed by atoms with E-state index in [1.807, 2.05) is 26.8 Å². The van der Waals surface area contributed by atoms with Gasteiger partial charge in [-0.25, -0.2) is 4.98 Å². The summed E-state index contributed by atoms with van der Waals surface area (Å²) < 4.78 is 5.46. The second-order valence-electron chi connectivity index (χ2n) is 4.24. The predicted molar refractivity (Wildman–Crippen MR) is 73.7 cm³/mol. The summed E-state index contributed by atoms with van der Waals surface area (Å²) in [5.41, 5.74) is 4.03. The van der Waals surface area contributed by atoms with Crippen LogP contribution < -0.4 is 4.74 Å². The first kappa shape index (κ1) is 12.8. The SMILES string of the molecule is COc1c(C)cc(C)cc1-c1nc(C=O)sc1C. The van der Waals surface area contributed by atoms with Gasteiger partial charge in [0.15, 0.2) is 11.3 Å². The third-order valence-corrected chi connectivity index (χ3v) is 3.69. The van der Waals surface area contributed by atoms with Crippen molar-refractivity contribution in [3.05, 3.63) is 33.1 Å². The number of methoxy groups -OCH3 is 1. The van der Waals surface area contributed by atoms with E-state index in [0.29, 0.717) is 5.01 Å². The molecule has 94 valence electrons. The number of aryl methyl sites for hydroxylation is 3. The second kappa shape index (κ2) is 4.90. The van der Waals surface area contributed by atoms with E-state index in [2.05, 4.69) is 11.1 Å². The van der Waals surface area contributed by atoms with E-state index < -0.39 is 0 Å². The average molecular weight is 261 g/mol. The molecule has 0 atom stereocenters. The first-order valence-electron chi connectivity index (χ1n) is 5.65. The van der Waals surface area contributed by atoms with E-state index in [1.165, 1.54) is 11.3 Å². The van der Waals surface area contributed by atoms with E-state index in [9.17, 15) is 4.79 Å². The zero-order valence-electron chi connectivity index (χ0n) is 10.9. The molecule has 0 spiro atoms. The molecule has 2 rings (SSSR count). The molecule has 0 saturated heterocycles. The van der Waals surface area contributed by atoms with E-state index >= 15 is 0 Å². The Morgan fingerprint density at radius 2 is 2.00 bits per heavy atom. The highest BCUT2D eigenvalue weighted by Crippen LogP contribution is 2.36. The Morgan fingerprint density at radius 1 is 1.28 bits per heavy atom. The number of aromatic nitrogens is 1. The summed E-state index contributed by atoms with van der Waals surface area (Å²) in [6.07, 6.45) is 0.788. The topological polar surface area (TPSA) is 39.2 Å². The van der Waals surface area contributed by atoms with Crippen molar-refractivity contribution in [2.24, 2.45) is 0 Å². The van der Waals surface area contributed by atoms with Crippen LogP contribution in [0.25, 0.3) is 11.3 Å². The Hall–Kier alpha value is -1.68. The van der Waals surface area contributed by atoms with Crippen LogP contribution in [-0.4, -0.2) is 18.4 Å². The minimum atomic E-state index is 0.503. The van der Waals surface area contributed by atoms with Crippen molar-refractivity contribution in [2.75, 3.05) is 7.11 Å². The minimum absolute atomic E-state index is 0.503. The fourth-order valence-corrected chi connectivity index (χ4v) is 2.87. The van der Waals surface area contributed by atoms with Crippen molar-refractivity contribution in [3.63, 3.8) is 0 Å². The van der Waals surface area contributed by atoms with E-state index in [0.717, 1.165) is 39.3 Å². The summed E-state index contributed by atoms with van der Waals surface area (Å²) in [6, 6.07) is 4.12. The van der Waals surface area contributed by atoms with Crippen molar-refractivity contribution in [1.29, 1.82) is 0 Å².